The molecular formula is C16H25NO2. The molecule has 1 aliphatic carbocycles. The van der Waals surface area contributed by atoms with Gasteiger partial charge in [-0.1, -0.05) is 19.3 Å². The highest BCUT2D eigenvalue weighted by Crippen LogP contribution is 2.36. The van der Waals surface area contributed by atoms with Crippen LogP contribution in [0.1, 0.15) is 37.7 Å². The Kier molecular flexibility index (Phi) is 4.94. The lowest BCUT2D eigenvalue weighted by atomic mass is 9.89. The van der Waals surface area contributed by atoms with Gasteiger partial charge in [-0.2, -0.15) is 0 Å². The molecule has 0 heterocycles. The van der Waals surface area contributed by atoms with Crippen molar-refractivity contribution in [3.8, 4) is 11.5 Å². The van der Waals surface area contributed by atoms with Crippen molar-refractivity contribution < 1.29 is 9.47 Å². The predicted octanol–water partition coefficient (Wildman–Crippen LogP) is 4.00. The molecule has 3 nitrogen and oxygen atoms in total. The van der Waals surface area contributed by atoms with Gasteiger partial charge in [-0.25, -0.2) is 0 Å². The molecule has 1 N–H and O–H groups in total. The highest BCUT2D eigenvalue weighted by Gasteiger charge is 2.16. The fourth-order valence-corrected chi connectivity index (χ4v) is 2.85. The number of rotatable bonds is 5. The Hall–Kier alpha value is -1.38. The smallest absolute Gasteiger partial charge is 0.146 e. The maximum atomic E-state index is 5.47. The molecule has 1 aromatic carbocycles. The molecule has 2 rings (SSSR count). The first-order valence-corrected chi connectivity index (χ1v) is 7.21. The Morgan fingerprint density at radius 3 is 2.16 bits per heavy atom. The van der Waals surface area contributed by atoms with Crippen LogP contribution in [-0.2, 0) is 0 Å². The van der Waals surface area contributed by atoms with Crippen molar-refractivity contribution >= 4 is 5.69 Å². The highest BCUT2D eigenvalue weighted by molar-refractivity contribution is 5.67. The van der Waals surface area contributed by atoms with Gasteiger partial charge in [-0.3, -0.25) is 0 Å². The summed E-state index contributed by atoms with van der Waals surface area (Å²) in [6.07, 6.45) is 6.81. The van der Waals surface area contributed by atoms with Crippen LogP contribution in [0.3, 0.4) is 0 Å². The molecule has 0 aliphatic heterocycles. The lowest BCUT2D eigenvalue weighted by molar-refractivity contribution is 0.369. The molecule has 1 aliphatic rings. The highest BCUT2D eigenvalue weighted by atomic mass is 16.5. The normalized spacial score (nSPS) is 16.2. The van der Waals surface area contributed by atoms with E-state index in [2.05, 4.69) is 12.2 Å². The Morgan fingerprint density at radius 2 is 1.63 bits per heavy atom. The fraction of sp³-hybridized carbons (Fsp3) is 0.625. The average molecular weight is 263 g/mol. The standard InChI is InChI=1S/C16H25NO2/c1-12-9-14(18-2)16(15(10-12)19-3)17-11-13-7-5-4-6-8-13/h9-10,13,17H,4-8,11H2,1-3H3. The SMILES string of the molecule is COc1cc(C)cc(OC)c1NCC1CCCCC1. The third kappa shape index (κ3) is 3.55. The molecule has 0 bridgehead atoms. The van der Waals surface area contributed by atoms with Crippen molar-refractivity contribution in [3.63, 3.8) is 0 Å². The van der Waals surface area contributed by atoms with E-state index in [4.69, 9.17) is 9.47 Å². The number of benzene rings is 1. The van der Waals surface area contributed by atoms with Crippen LogP contribution < -0.4 is 14.8 Å². The van der Waals surface area contributed by atoms with E-state index in [1.165, 1.54) is 32.1 Å². The maximum Gasteiger partial charge on any atom is 0.146 e. The molecule has 0 saturated heterocycles. The summed E-state index contributed by atoms with van der Waals surface area (Å²) in [6, 6.07) is 4.09. The summed E-state index contributed by atoms with van der Waals surface area (Å²) in [4.78, 5) is 0. The van der Waals surface area contributed by atoms with Crippen molar-refractivity contribution in [2.45, 2.75) is 39.0 Å². The fourth-order valence-electron chi connectivity index (χ4n) is 2.85. The van der Waals surface area contributed by atoms with E-state index >= 15 is 0 Å². The lowest BCUT2D eigenvalue weighted by Crippen LogP contribution is -2.17. The van der Waals surface area contributed by atoms with E-state index in [1.807, 2.05) is 12.1 Å². The number of hydrogen-bond donors (Lipinski definition) is 1. The average Bonchev–Trinajstić information content (AvgIpc) is 2.46. The first-order chi connectivity index (χ1) is 9.24. The van der Waals surface area contributed by atoms with Crippen LogP contribution in [0.25, 0.3) is 0 Å². The van der Waals surface area contributed by atoms with E-state index < -0.39 is 0 Å². The number of methoxy groups -OCH3 is 2. The summed E-state index contributed by atoms with van der Waals surface area (Å²) >= 11 is 0. The number of anilines is 1. The lowest BCUT2D eigenvalue weighted by Gasteiger charge is -2.23. The van der Waals surface area contributed by atoms with Gasteiger partial charge in [0, 0.05) is 6.54 Å². The molecule has 0 aromatic heterocycles. The van der Waals surface area contributed by atoms with Crippen LogP contribution in [0.4, 0.5) is 5.69 Å². The second kappa shape index (κ2) is 6.69. The monoisotopic (exact) mass is 263 g/mol. The van der Waals surface area contributed by atoms with E-state index in [-0.39, 0.29) is 0 Å². The molecular weight excluding hydrogens is 238 g/mol. The third-order valence-electron chi connectivity index (χ3n) is 3.94. The van der Waals surface area contributed by atoms with Gasteiger partial charge in [-0.05, 0) is 43.4 Å². The molecule has 1 fully saturated rings. The zero-order chi connectivity index (χ0) is 13.7. The van der Waals surface area contributed by atoms with Crippen molar-refractivity contribution in [1.29, 1.82) is 0 Å². The zero-order valence-electron chi connectivity index (χ0n) is 12.3. The second-order valence-corrected chi connectivity index (χ2v) is 5.43. The van der Waals surface area contributed by atoms with E-state index in [9.17, 15) is 0 Å². The molecule has 106 valence electrons. The number of aryl methyl sites for hydroxylation is 1. The van der Waals surface area contributed by atoms with Crippen LogP contribution in [0, 0.1) is 12.8 Å². The van der Waals surface area contributed by atoms with Gasteiger partial charge in [0.15, 0.2) is 0 Å². The predicted molar refractivity (Wildman–Crippen MR) is 79.3 cm³/mol. The number of hydrogen-bond acceptors (Lipinski definition) is 3. The Balaban J connectivity index is 2.09. The topological polar surface area (TPSA) is 30.5 Å². The Bertz CT molecular complexity index is 386. The minimum atomic E-state index is 0.782. The molecule has 1 saturated carbocycles. The minimum absolute atomic E-state index is 0.782. The van der Waals surface area contributed by atoms with E-state index in [1.54, 1.807) is 14.2 Å². The molecule has 3 heteroatoms. The van der Waals surface area contributed by atoms with Crippen LogP contribution in [0.5, 0.6) is 11.5 Å². The first-order valence-electron chi connectivity index (χ1n) is 7.21. The van der Waals surface area contributed by atoms with Crippen LogP contribution in [0.15, 0.2) is 12.1 Å². The molecule has 0 atom stereocenters. The summed E-state index contributed by atoms with van der Waals surface area (Å²) in [6.45, 7) is 3.06. The molecule has 1 aromatic rings. The van der Waals surface area contributed by atoms with Gasteiger partial charge in [0.1, 0.15) is 17.2 Å². The summed E-state index contributed by atoms with van der Waals surface area (Å²) in [5, 5.41) is 3.53. The van der Waals surface area contributed by atoms with Gasteiger partial charge in [-0.15, -0.1) is 0 Å². The van der Waals surface area contributed by atoms with Crippen LogP contribution in [0.2, 0.25) is 0 Å². The van der Waals surface area contributed by atoms with Crippen molar-refractivity contribution in [2.75, 3.05) is 26.1 Å². The van der Waals surface area contributed by atoms with Gasteiger partial charge in [0.05, 0.1) is 14.2 Å². The molecule has 19 heavy (non-hydrogen) atoms. The van der Waals surface area contributed by atoms with Gasteiger partial charge in [0.2, 0.25) is 0 Å². The van der Waals surface area contributed by atoms with Crippen molar-refractivity contribution in [3.05, 3.63) is 17.7 Å². The Morgan fingerprint density at radius 1 is 1.05 bits per heavy atom. The second-order valence-electron chi connectivity index (χ2n) is 5.43. The van der Waals surface area contributed by atoms with E-state index in [0.29, 0.717) is 0 Å². The summed E-state index contributed by atoms with van der Waals surface area (Å²) < 4.78 is 10.9. The van der Waals surface area contributed by atoms with Gasteiger partial charge >= 0.3 is 0 Å². The van der Waals surface area contributed by atoms with Crippen molar-refractivity contribution in [1.82, 2.24) is 0 Å². The van der Waals surface area contributed by atoms with E-state index in [0.717, 1.165) is 35.2 Å². The quantitative estimate of drug-likeness (QED) is 0.871. The summed E-state index contributed by atoms with van der Waals surface area (Å²) in [7, 11) is 3.42. The van der Waals surface area contributed by atoms with Gasteiger partial charge in [0.25, 0.3) is 0 Å². The third-order valence-corrected chi connectivity index (χ3v) is 3.94. The van der Waals surface area contributed by atoms with Crippen molar-refractivity contribution in [2.24, 2.45) is 5.92 Å². The molecule has 0 radical (unpaired) electrons. The number of nitrogens with one attached hydrogen (secondary N) is 1. The maximum absolute atomic E-state index is 5.47. The Labute approximate surface area is 116 Å². The summed E-state index contributed by atoms with van der Waals surface area (Å²) in [5.41, 5.74) is 2.14. The van der Waals surface area contributed by atoms with Crippen LogP contribution >= 0.6 is 0 Å². The van der Waals surface area contributed by atoms with Gasteiger partial charge < -0.3 is 14.8 Å². The summed E-state index contributed by atoms with van der Waals surface area (Å²) in [5.74, 6) is 2.52. The minimum Gasteiger partial charge on any atom is -0.494 e. The largest absolute Gasteiger partial charge is 0.494 e. The number of ether oxygens (including phenoxy) is 2. The first kappa shape index (κ1) is 14.0. The molecule has 0 unspecified atom stereocenters. The molecule has 0 amide bonds. The molecule has 0 spiro atoms. The van der Waals surface area contributed by atoms with Crippen LogP contribution in [-0.4, -0.2) is 20.8 Å². The zero-order valence-corrected chi connectivity index (χ0v) is 12.3.